The molecule has 0 radical (unpaired) electrons. The predicted octanol–water partition coefficient (Wildman–Crippen LogP) is 2.96. The zero-order valence-electron chi connectivity index (χ0n) is 25.7. The molecule has 3 aliphatic heterocycles. The van der Waals surface area contributed by atoms with E-state index in [4.69, 9.17) is 4.74 Å². The van der Waals surface area contributed by atoms with Crippen molar-refractivity contribution in [2.45, 2.75) is 75.0 Å². The number of aromatic nitrogens is 3. The molecule has 12 heteroatoms. The van der Waals surface area contributed by atoms with Gasteiger partial charge in [-0.05, 0) is 62.7 Å². The molecule has 4 heterocycles. The fourth-order valence-electron chi connectivity index (χ4n) is 7.57. The van der Waals surface area contributed by atoms with Crippen molar-refractivity contribution in [3.05, 3.63) is 71.5 Å². The first-order valence-electron chi connectivity index (χ1n) is 15.5. The van der Waals surface area contributed by atoms with Gasteiger partial charge in [-0.15, -0.1) is 5.10 Å². The first-order valence-corrected chi connectivity index (χ1v) is 18.5. The van der Waals surface area contributed by atoms with Crippen LogP contribution in [0.2, 0.25) is 18.6 Å². The molecule has 2 fully saturated rings. The third-order valence-electron chi connectivity index (χ3n) is 9.70. The van der Waals surface area contributed by atoms with E-state index in [1.807, 2.05) is 74.7 Å². The van der Waals surface area contributed by atoms with Crippen molar-refractivity contribution < 1.29 is 24.2 Å². The largest absolute Gasteiger partial charge is 0.432 e. The number of aliphatic hydroxyl groups is 1. The number of fused-ring (bicyclic) bond motifs is 2. The van der Waals surface area contributed by atoms with E-state index in [2.05, 4.69) is 20.9 Å². The lowest BCUT2D eigenvalue weighted by Gasteiger charge is -2.32. The number of carbonyl (C=O) groups is 2. The molecule has 3 aliphatic rings. The molecule has 4 N–H and O–H groups in total. The Balaban J connectivity index is 1.26. The molecule has 2 saturated heterocycles. The second kappa shape index (κ2) is 11.8. The average molecular weight is 619 g/mol. The van der Waals surface area contributed by atoms with Gasteiger partial charge in [0.15, 0.2) is 13.9 Å². The lowest BCUT2D eigenvalue weighted by atomic mass is 9.82. The number of benzene rings is 2. The third kappa shape index (κ3) is 5.28. The highest BCUT2D eigenvalue weighted by Gasteiger charge is 2.65. The molecule has 6 atom stereocenters. The van der Waals surface area contributed by atoms with Crippen molar-refractivity contribution in [1.82, 2.24) is 20.3 Å². The van der Waals surface area contributed by atoms with Crippen LogP contribution in [0, 0.1) is 5.92 Å². The molecule has 1 unspecified atom stereocenters. The molecular weight excluding hydrogens is 576 g/mol. The smallest absolute Gasteiger partial charge is 0.264 e. The number of likely N-dealkylation sites (N-methyl/N-ethyl adjacent to an activating group) is 1. The second-order valence-corrected chi connectivity index (χ2v) is 16.9. The van der Waals surface area contributed by atoms with Crippen LogP contribution in [-0.2, 0) is 26.5 Å². The number of ether oxygens (including phenoxy) is 1. The summed E-state index contributed by atoms with van der Waals surface area (Å²) in [4.78, 5) is 40.1. The van der Waals surface area contributed by atoms with Crippen LogP contribution in [0.5, 0.6) is 0 Å². The van der Waals surface area contributed by atoms with Gasteiger partial charge in [-0.25, -0.2) is 0 Å². The Morgan fingerprint density at radius 1 is 1.25 bits per heavy atom. The topological polar surface area (TPSA) is 142 Å². The van der Waals surface area contributed by atoms with Gasteiger partial charge in [0.05, 0.1) is 36.1 Å². The molecule has 6 rings (SSSR count). The van der Waals surface area contributed by atoms with E-state index >= 15 is 0 Å². The maximum atomic E-state index is 14.1. The molecule has 1 spiro atoms. The van der Waals surface area contributed by atoms with E-state index in [1.165, 1.54) is 0 Å². The Morgan fingerprint density at radius 3 is 2.70 bits per heavy atom. The number of anilines is 2. The van der Waals surface area contributed by atoms with Crippen LogP contribution in [0.3, 0.4) is 0 Å². The molecule has 234 valence electrons. The predicted molar refractivity (Wildman–Crippen MR) is 169 cm³/mol. The fraction of sp³-hybridized carbons (Fsp3) is 0.500. The fourth-order valence-corrected chi connectivity index (χ4v) is 10.2. The number of hydrogen-bond acceptors (Lipinski definition) is 8. The number of nitrogens with one attached hydrogen (secondary N) is 2. The summed E-state index contributed by atoms with van der Waals surface area (Å²) in [5.41, 5.74) is 2.21. The second-order valence-electron chi connectivity index (χ2n) is 12.9. The van der Waals surface area contributed by atoms with Gasteiger partial charge in [-0.2, -0.15) is 0 Å². The zero-order chi connectivity index (χ0) is 31.2. The molecule has 1 aromatic heterocycles. The summed E-state index contributed by atoms with van der Waals surface area (Å²) in [6.07, 6.45) is 3.71. The first kappa shape index (κ1) is 30.6. The first-order chi connectivity index (χ1) is 21.0. The van der Waals surface area contributed by atoms with Crippen LogP contribution in [0.25, 0.3) is 0 Å². The SMILES string of the molecule is C[C@@H]1[C@@H]([Si](C)(C)O)[C@H](CCn2cc(C(CO)c3ccccc3)nn2)O[C@@]12C(=O)N(C)c1ccc(NC(=O)[C@H]3CCCN3)cc12. The van der Waals surface area contributed by atoms with Gasteiger partial charge in [-0.1, -0.05) is 42.5 Å². The van der Waals surface area contributed by atoms with Crippen LogP contribution in [0.4, 0.5) is 11.4 Å². The lowest BCUT2D eigenvalue weighted by molar-refractivity contribution is -0.145. The Labute approximate surface area is 258 Å². The quantitative estimate of drug-likeness (QED) is 0.268. The highest BCUT2D eigenvalue weighted by molar-refractivity contribution is 6.71. The highest BCUT2D eigenvalue weighted by Crippen LogP contribution is 2.59. The summed E-state index contributed by atoms with van der Waals surface area (Å²) in [7, 11) is -1.08. The van der Waals surface area contributed by atoms with Gasteiger partial charge >= 0.3 is 0 Å². The Bertz CT molecular complexity index is 1520. The third-order valence-corrected chi connectivity index (χ3v) is 12.2. The number of aryl methyl sites for hydroxylation is 1. The van der Waals surface area contributed by atoms with Gasteiger partial charge in [0.25, 0.3) is 5.91 Å². The Hall–Kier alpha value is -3.42. The number of aliphatic hydroxyl groups excluding tert-OH is 1. The van der Waals surface area contributed by atoms with E-state index < -0.39 is 20.0 Å². The summed E-state index contributed by atoms with van der Waals surface area (Å²) in [5.74, 6) is -0.837. The van der Waals surface area contributed by atoms with Gasteiger partial charge in [0.2, 0.25) is 5.91 Å². The molecule has 3 aromatic rings. The summed E-state index contributed by atoms with van der Waals surface area (Å²) in [5, 5.41) is 25.0. The van der Waals surface area contributed by atoms with Gasteiger partial charge in [0.1, 0.15) is 0 Å². The Morgan fingerprint density at radius 2 is 2.02 bits per heavy atom. The summed E-state index contributed by atoms with van der Waals surface area (Å²) in [6, 6.07) is 15.0. The number of hydrogen-bond donors (Lipinski definition) is 4. The summed E-state index contributed by atoms with van der Waals surface area (Å²) < 4.78 is 8.59. The highest BCUT2D eigenvalue weighted by atomic mass is 28.4. The molecule has 2 amide bonds. The standard InChI is InChI=1S/C32H42N6O5Si/c1-20-29(44(3,4)42)28(14-16-38-18-26(35-36-38)23(19-39)21-9-6-5-7-10-21)43-32(20)24-17-22(12-13-27(24)37(2)31(32)41)34-30(40)25-11-8-15-33-25/h5-7,9-10,12-13,17-18,20,23,25,28-29,33,39,42H,8,11,14-16,19H2,1-4H3,(H,34,40)/t20-,23?,25-,28+,29-,32+/m1/s1. The van der Waals surface area contributed by atoms with E-state index in [1.54, 1.807) is 16.6 Å². The monoisotopic (exact) mass is 618 g/mol. The molecule has 44 heavy (non-hydrogen) atoms. The van der Waals surface area contributed by atoms with Gasteiger partial charge in [-0.3, -0.25) is 14.3 Å². The molecule has 0 saturated carbocycles. The van der Waals surface area contributed by atoms with Crippen molar-refractivity contribution in [2.75, 3.05) is 30.4 Å². The van der Waals surface area contributed by atoms with E-state index in [-0.39, 0.29) is 41.8 Å². The minimum absolute atomic E-state index is 0.0860. The van der Waals surface area contributed by atoms with Crippen LogP contribution in [0.15, 0.2) is 54.7 Å². The Kier molecular flexibility index (Phi) is 8.22. The number of nitrogens with zero attached hydrogens (tertiary/aromatic N) is 4. The average Bonchev–Trinajstić information content (AvgIpc) is 3.79. The molecule has 11 nitrogen and oxygen atoms in total. The summed E-state index contributed by atoms with van der Waals surface area (Å²) >= 11 is 0. The van der Waals surface area contributed by atoms with Crippen LogP contribution in [-0.4, -0.2) is 77.4 Å². The van der Waals surface area contributed by atoms with Gasteiger partial charge in [0, 0.05) is 42.5 Å². The number of rotatable bonds is 9. The van der Waals surface area contributed by atoms with E-state index in [0.717, 1.165) is 36.2 Å². The van der Waals surface area contributed by atoms with Crippen LogP contribution < -0.4 is 15.5 Å². The zero-order valence-corrected chi connectivity index (χ0v) is 26.7. The minimum Gasteiger partial charge on any atom is -0.432 e. The van der Waals surface area contributed by atoms with Crippen molar-refractivity contribution in [1.29, 1.82) is 0 Å². The summed E-state index contributed by atoms with van der Waals surface area (Å²) in [6.45, 7) is 7.01. The van der Waals surface area contributed by atoms with Crippen molar-refractivity contribution >= 4 is 31.5 Å². The van der Waals surface area contributed by atoms with Crippen molar-refractivity contribution in [3.63, 3.8) is 0 Å². The van der Waals surface area contributed by atoms with Gasteiger partial charge < -0.3 is 30.2 Å². The molecule has 0 bridgehead atoms. The number of carbonyl (C=O) groups excluding carboxylic acids is 2. The molecule has 2 aromatic carbocycles. The van der Waals surface area contributed by atoms with Crippen molar-refractivity contribution in [3.8, 4) is 0 Å². The van der Waals surface area contributed by atoms with Crippen LogP contribution >= 0.6 is 0 Å². The molecular formula is C32H42N6O5Si. The lowest BCUT2D eigenvalue weighted by Crippen LogP contribution is -2.45. The van der Waals surface area contributed by atoms with Crippen LogP contribution in [0.1, 0.15) is 48.9 Å². The van der Waals surface area contributed by atoms with Crippen molar-refractivity contribution in [2.24, 2.45) is 5.92 Å². The minimum atomic E-state index is -2.83. The normalized spacial score (nSPS) is 27.2. The van der Waals surface area contributed by atoms with E-state index in [0.29, 0.717) is 24.3 Å². The maximum absolute atomic E-state index is 14.1. The molecule has 0 aliphatic carbocycles. The van der Waals surface area contributed by atoms with E-state index in [9.17, 15) is 19.5 Å². The number of amides is 2. The maximum Gasteiger partial charge on any atom is 0.264 e.